The van der Waals surface area contributed by atoms with Crippen molar-refractivity contribution in [3.05, 3.63) is 52.2 Å². The van der Waals surface area contributed by atoms with Crippen molar-refractivity contribution in [2.75, 3.05) is 6.61 Å². The van der Waals surface area contributed by atoms with Gasteiger partial charge >= 0.3 is 5.97 Å². The van der Waals surface area contributed by atoms with Crippen molar-refractivity contribution in [1.82, 2.24) is 4.98 Å². The minimum Gasteiger partial charge on any atom is -0.454 e. The molecule has 142 valence electrons. The van der Waals surface area contributed by atoms with Gasteiger partial charge in [-0.1, -0.05) is 6.92 Å². The molecule has 1 aromatic carbocycles. The first-order valence-electron chi connectivity index (χ1n) is 7.69. The molecule has 10 heteroatoms. The van der Waals surface area contributed by atoms with Gasteiger partial charge in [0.2, 0.25) is 5.78 Å². The van der Waals surface area contributed by atoms with Gasteiger partial charge in [-0.05, 0) is 18.6 Å². The second-order valence-corrected chi connectivity index (χ2v) is 6.35. The molecule has 0 aliphatic heterocycles. The van der Waals surface area contributed by atoms with E-state index in [1.54, 1.807) is 6.92 Å². The highest BCUT2D eigenvalue weighted by Crippen LogP contribution is 2.28. The van der Waals surface area contributed by atoms with E-state index in [1.807, 2.05) is 0 Å². The Kier molecular flexibility index (Phi) is 6.35. The van der Waals surface area contributed by atoms with Gasteiger partial charge in [-0.2, -0.15) is 0 Å². The number of nitrogens with two attached hydrogens (primary N) is 2. The number of benzene rings is 1. The maximum Gasteiger partial charge on any atom is 0.344 e. The first-order valence-corrected chi connectivity index (χ1v) is 8.50. The van der Waals surface area contributed by atoms with Gasteiger partial charge in [0, 0.05) is 23.5 Å². The predicted molar refractivity (Wildman–Crippen MR) is 96.2 cm³/mol. The molecule has 2 aromatic rings. The van der Waals surface area contributed by atoms with E-state index in [0.29, 0.717) is 6.07 Å². The largest absolute Gasteiger partial charge is 0.454 e. The number of aromatic nitrogens is 1. The van der Waals surface area contributed by atoms with E-state index in [4.69, 9.17) is 21.6 Å². The Morgan fingerprint density at radius 3 is 2.59 bits per heavy atom. The molecule has 5 N–H and O–H groups in total. The fraction of sp³-hybridized carbons (Fsp3) is 0.176. The number of carbonyl (C=O) groups is 2. The first-order chi connectivity index (χ1) is 12.7. The summed E-state index contributed by atoms with van der Waals surface area (Å²) >= 11 is 0.873. The van der Waals surface area contributed by atoms with E-state index in [0.717, 1.165) is 17.4 Å². The number of halogens is 2. The van der Waals surface area contributed by atoms with E-state index in [-0.39, 0.29) is 33.1 Å². The topological polar surface area (TPSA) is 132 Å². The lowest BCUT2D eigenvalue weighted by Gasteiger charge is -2.08. The zero-order chi connectivity index (χ0) is 20.1. The van der Waals surface area contributed by atoms with Crippen LogP contribution in [0, 0.1) is 17.0 Å². The van der Waals surface area contributed by atoms with Crippen LogP contribution in [0.15, 0.2) is 35.7 Å². The molecule has 0 fully saturated rings. The molecule has 0 radical (unpaired) electrons. The smallest absolute Gasteiger partial charge is 0.344 e. The molecule has 0 unspecified atom stereocenters. The van der Waals surface area contributed by atoms with Crippen LogP contribution < -0.4 is 11.5 Å². The van der Waals surface area contributed by atoms with E-state index in [9.17, 15) is 18.4 Å². The van der Waals surface area contributed by atoms with Gasteiger partial charge < -0.3 is 16.2 Å². The zero-order valence-corrected chi connectivity index (χ0v) is 15.0. The molecule has 2 rings (SSSR count). The van der Waals surface area contributed by atoms with Gasteiger partial charge in [0.1, 0.15) is 28.1 Å². The van der Waals surface area contributed by atoms with Crippen LogP contribution in [0.3, 0.4) is 0 Å². The number of nitrogens with one attached hydrogen (secondary N) is 1. The number of ether oxygens (including phenoxy) is 1. The van der Waals surface area contributed by atoms with Crippen molar-refractivity contribution in [1.29, 1.82) is 5.41 Å². The Bertz CT molecular complexity index is 940. The van der Waals surface area contributed by atoms with E-state index in [2.05, 4.69) is 4.98 Å². The molecule has 1 heterocycles. The van der Waals surface area contributed by atoms with Crippen LogP contribution in [0.5, 0.6) is 0 Å². The van der Waals surface area contributed by atoms with Crippen LogP contribution in [0.25, 0.3) is 10.6 Å². The standard InChI is InChI=1S/C17H16F2N4O3S/c1-2-11(20)14(15(21)22)17(25)26-7-12(24)13-6-23-16(27-13)9-4-3-8(18)5-10(9)19/h3-6H,2,7,20H2,1H3,(H3,21,22). The number of carbonyl (C=O) groups excluding carboxylic acids is 2. The quantitative estimate of drug-likeness (QED) is 0.217. The number of hydrogen-bond donors (Lipinski definition) is 3. The van der Waals surface area contributed by atoms with Gasteiger partial charge in [0.05, 0.1) is 4.88 Å². The van der Waals surface area contributed by atoms with Crippen LogP contribution in [0.4, 0.5) is 8.78 Å². The molecule has 1 aromatic heterocycles. The second kappa shape index (κ2) is 8.49. The fourth-order valence-electron chi connectivity index (χ4n) is 2.06. The van der Waals surface area contributed by atoms with E-state index in [1.165, 1.54) is 12.3 Å². The molecular weight excluding hydrogens is 378 g/mol. The van der Waals surface area contributed by atoms with Gasteiger partial charge in [-0.25, -0.2) is 18.6 Å². The maximum atomic E-state index is 13.8. The molecule has 0 saturated heterocycles. The first kappa shape index (κ1) is 20.2. The van der Waals surface area contributed by atoms with Crippen molar-refractivity contribution in [2.24, 2.45) is 11.5 Å². The number of Topliss-reactive ketones (excluding diaryl/α,β-unsaturated/α-hetero) is 1. The van der Waals surface area contributed by atoms with Crippen LogP contribution in [-0.2, 0) is 9.53 Å². The number of ketones is 1. The third-order valence-electron chi connectivity index (χ3n) is 3.45. The van der Waals surface area contributed by atoms with Gasteiger partial charge in [0.15, 0.2) is 6.61 Å². The molecule has 0 saturated carbocycles. The number of nitrogens with zero attached hydrogens (tertiary/aromatic N) is 1. The highest BCUT2D eigenvalue weighted by Gasteiger charge is 2.21. The third-order valence-corrected chi connectivity index (χ3v) is 4.52. The molecule has 0 aliphatic carbocycles. The summed E-state index contributed by atoms with van der Waals surface area (Å²) < 4.78 is 31.6. The Morgan fingerprint density at radius 1 is 1.30 bits per heavy atom. The molecule has 0 aliphatic rings. The third kappa shape index (κ3) is 4.73. The number of esters is 1. The normalized spacial score (nSPS) is 11.7. The molecular formula is C17H16F2N4O3S. The second-order valence-electron chi connectivity index (χ2n) is 5.32. The lowest BCUT2D eigenvalue weighted by molar-refractivity contribution is -0.137. The summed E-state index contributed by atoms with van der Waals surface area (Å²) in [6, 6.07) is 3.01. The van der Waals surface area contributed by atoms with Crippen LogP contribution in [0.1, 0.15) is 23.0 Å². The summed E-state index contributed by atoms with van der Waals surface area (Å²) in [4.78, 5) is 28.2. The fourth-order valence-corrected chi connectivity index (χ4v) is 2.92. The monoisotopic (exact) mass is 394 g/mol. The summed E-state index contributed by atoms with van der Waals surface area (Å²) in [5.41, 5.74) is 10.8. The lowest BCUT2D eigenvalue weighted by atomic mass is 10.1. The summed E-state index contributed by atoms with van der Waals surface area (Å²) in [6.07, 6.45) is 1.49. The molecule has 0 spiro atoms. The van der Waals surface area contributed by atoms with E-state index >= 15 is 0 Å². The van der Waals surface area contributed by atoms with Gasteiger partial charge in [-0.15, -0.1) is 11.3 Å². The van der Waals surface area contributed by atoms with Crippen molar-refractivity contribution in [3.8, 4) is 10.6 Å². The Labute approximate surface area is 157 Å². The highest BCUT2D eigenvalue weighted by molar-refractivity contribution is 7.17. The summed E-state index contributed by atoms with van der Waals surface area (Å²) in [6.45, 7) is 1.05. The molecule has 0 atom stereocenters. The zero-order valence-electron chi connectivity index (χ0n) is 14.2. The lowest BCUT2D eigenvalue weighted by Crippen LogP contribution is -2.27. The van der Waals surface area contributed by atoms with Crippen molar-refractivity contribution >= 4 is 28.9 Å². The molecule has 0 bridgehead atoms. The average Bonchev–Trinajstić information content (AvgIpc) is 3.09. The number of allylic oxidation sites excluding steroid dienone is 1. The van der Waals surface area contributed by atoms with Crippen LogP contribution >= 0.6 is 11.3 Å². The molecule has 7 nitrogen and oxygen atoms in total. The number of thiazole rings is 1. The minimum atomic E-state index is -0.982. The maximum absolute atomic E-state index is 13.8. The predicted octanol–water partition coefficient (Wildman–Crippen LogP) is 2.37. The van der Waals surface area contributed by atoms with Gasteiger partial charge in [0.25, 0.3) is 0 Å². The summed E-state index contributed by atoms with van der Waals surface area (Å²) in [5, 5.41) is 7.57. The minimum absolute atomic E-state index is 0.0509. The van der Waals surface area contributed by atoms with E-state index < -0.39 is 35.8 Å². The van der Waals surface area contributed by atoms with Crippen molar-refractivity contribution in [2.45, 2.75) is 13.3 Å². The Morgan fingerprint density at radius 2 is 2.00 bits per heavy atom. The summed E-state index contributed by atoms with van der Waals surface area (Å²) in [5.74, 6) is -3.64. The van der Waals surface area contributed by atoms with Crippen molar-refractivity contribution < 1.29 is 23.1 Å². The van der Waals surface area contributed by atoms with Gasteiger partial charge in [-0.3, -0.25) is 10.2 Å². The summed E-state index contributed by atoms with van der Waals surface area (Å²) in [7, 11) is 0. The molecule has 0 amide bonds. The SMILES string of the molecule is CCC(N)=C(C(=N)N)C(=O)OCC(=O)c1cnc(-c2ccc(F)cc2F)s1. The number of amidine groups is 1. The van der Waals surface area contributed by atoms with Crippen LogP contribution in [0.2, 0.25) is 0 Å². The van der Waals surface area contributed by atoms with Crippen LogP contribution in [-0.4, -0.2) is 29.2 Å². The highest BCUT2D eigenvalue weighted by atomic mass is 32.1. The Balaban J connectivity index is 2.10. The number of hydrogen-bond acceptors (Lipinski definition) is 7. The Hall–Kier alpha value is -3.14. The average molecular weight is 394 g/mol. The van der Waals surface area contributed by atoms with Crippen molar-refractivity contribution in [3.63, 3.8) is 0 Å². The number of rotatable bonds is 7. The molecule has 27 heavy (non-hydrogen) atoms.